The summed E-state index contributed by atoms with van der Waals surface area (Å²) in [6.45, 7) is 6.55. The summed E-state index contributed by atoms with van der Waals surface area (Å²) < 4.78 is 5.37. The lowest BCUT2D eigenvalue weighted by molar-refractivity contribution is 0.405. The molecule has 84 valence electrons. The van der Waals surface area contributed by atoms with Gasteiger partial charge in [0.05, 0.1) is 7.11 Å². The predicted octanol–water partition coefficient (Wildman–Crippen LogP) is 3.97. The van der Waals surface area contributed by atoms with E-state index in [4.69, 9.17) is 4.74 Å². The molecule has 0 aromatic heterocycles. The van der Waals surface area contributed by atoms with Crippen LogP contribution in [0.4, 0.5) is 0 Å². The first-order chi connectivity index (χ1) is 7.04. The minimum Gasteiger partial charge on any atom is -0.496 e. The molecule has 0 amide bonds. The zero-order valence-corrected chi connectivity index (χ0v) is 11.5. The maximum absolute atomic E-state index is 5.37. The van der Waals surface area contributed by atoms with Crippen molar-refractivity contribution < 1.29 is 4.74 Å². The van der Waals surface area contributed by atoms with Gasteiger partial charge in [-0.15, -0.1) is 0 Å². The Balaban J connectivity index is 2.87. The molecular weight excluding hydrogens is 252 g/mol. The van der Waals surface area contributed by atoms with Gasteiger partial charge in [0, 0.05) is 4.83 Å². The molecule has 1 aromatic rings. The van der Waals surface area contributed by atoms with E-state index in [0.717, 1.165) is 12.2 Å². The second kappa shape index (κ2) is 5.55. The van der Waals surface area contributed by atoms with Crippen molar-refractivity contribution in [2.45, 2.75) is 32.0 Å². The molecule has 2 unspecified atom stereocenters. The fourth-order valence-electron chi connectivity index (χ4n) is 1.58. The van der Waals surface area contributed by atoms with E-state index in [0.29, 0.717) is 10.7 Å². The van der Waals surface area contributed by atoms with Crippen LogP contribution < -0.4 is 4.74 Å². The molecule has 1 aromatic carbocycles. The summed E-state index contributed by atoms with van der Waals surface area (Å²) in [5.41, 5.74) is 2.59. The van der Waals surface area contributed by atoms with Gasteiger partial charge in [-0.1, -0.05) is 47.5 Å². The van der Waals surface area contributed by atoms with Crippen molar-refractivity contribution in [3.05, 3.63) is 29.3 Å². The van der Waals surface area contributed by atoms with Crippen LogP contribution in [0.25, 0.3) is 0 Å². The number of hydrogen-bond donors (Lipinski definition) is 0. The highest BCUT2D eigenvalue weighted by molar-refractivity contribution is 9.09. The van der Waals surface area contributed by atoms with Crippen LogP contribution in [-0.4, -0.2) is 11.9 Å². The summed E-state index contributed by atoms with van der Waals surface area (Å²) in [4.78, 5) is 0.530. The minimum atomic E-state index is 0.530. The molecule has 15 heavy (non-hydrogen) atoms. The Labute approximate surface area is 101 Å². The quantitative estimate of drug-likeness (QED) is 0.753. The van der Waals surface area contributed by atoms with Crippen LogP contribution in [0.3, 0.4) is 0 Å². The van der Waals surface area contributed by atoms with Gasteiger partial charge in [-0.05, 0) is 30.9 Å². The van der Waals surface area contributed by atoms with Gasteiger partial charge < -0.3 is 4.74 Å². The highest BCUT2D eigenvalue weighted by Gasteiger charge is 2.12. The number of rotatable bonds is 4. The van der Waals surface area contributed by atoms with Crippen molar-refractivity contribution >= 4 is 15.9 Å². The van der Waals surface area contributed by atoms with E-state index in [2.05, 4.69) is 54.9 Å². The molecule has 0 saturated carbocycles. The van der Waals surface area contributed by atoms with Gasteiger partial charge in [0.2, 0.25) is 0 Å². The number of aryl methyl sites for hydroxylation is 1. The number of alkyl halides is 1. The van der Waals surface area contributed by atoms with E-state index in [1.54, 1.807) is 7.11 Å². The van der Waals surface area contributed by atoms with E-state index in [1.165, 1.54) is 11.1 Å². The van der Waals surface area contributed by atoms with E-state index >= 15 is 0 Å². The summed E-state index contributed by atoms with van der Waals surface area (Å²) in [5.74, 6) is 1.61. The first kappa shape index (κ1) is 12.6. The highest BCUT2D eigenvalue weighted by atomic mass is 79.9. The van der Waals surface area contributed by atoms with Crippen LogP contribution in [0, 0.1) is 12.8 Å². The smallest absolute Gasteiger partial charge is 0.122 e. The van der Waals surface area contributed by atoms with E-state index in [-0.39, 0.29) is 0 Å². The van der Waals surface area contributed by atoms with Gasteiger partial charge >= 0.3 is 0 Å². The molecule has 0 N–H and O–H groups in total. The monoisotopic (exact) mass is 270 g/mol. The lowest BCUT2D eigenvalue weighted by Crippen LogP contribution is -2.10. The third kappa shape index (κ3) is 3.53. The van der Waals surface area contributed by atoms with Crippen LogP contribution in [0.1, 0.15) is 25.0 Å². The zero-order chi connectivity index (χ0) is 11.4. The van der Waals surface area contributed by atoms with Gasteiger partial charge in [0.15, 0.2) is 0 Å². The molecule has 0 aliphatic rings. The van der Waals surface area contributed by atoms with Crippen molar-refractivity contribution in [2.75, 3.05) is 7.11 Å². The molecule has 0 aliphatic carbocycles. The molecule has 0 bridgehead atoms. The third-order valence-electron chi connectivity index (χ3n) is 2.76. The summed E-state index contributed by atoms with van der Waals surface area (Å²) in [6, 6.07) is 6.35. The molecule has 2 atom stereocenters. The standard InChI is InChI=1S/C13H19BrO/c1-9-5-6-13(15-4)12(7-9)8-10(2)11(3)14/h5-7,10-11H,8H2,1-4H3. The normalized spacial score (nSPS) is 14.7. The number of methoxy groups -OCH3 is 1. The second-order valence-corrected chi connectivity index (χ2v) is 5.62. The summed E-state index contributed by atoms with van der Waals surface area (Å²) >= 11 is 3.62. The summed E-state index contributed by atoms with van der Waals surface area (Å²) in [7, 11) is 1.73. The Morgan fingerprint density at radius 2 is 2.00 bits per heavy atom. The van der Waals surface area contributed by atoms with Crippen molar-refractivity contribution in [2.24, 2.45) is 5.92 Å². The van der Waals surface area contributed by atoms with E-state index in [9.17, 15) is 0 Å². The van der Waals surface area contributed by atoms with Crippen LogP contribution in [0.15, 0.2) is 18.2 Å². The number of hydrogen-bond acceptors (Lipinski definition) is 1. The van der Waals surface area contributed by atoms with Gasteiger partial charge in [-0.3, -0.25) is 0 Å². The van der Waals surface area contributed by atoms with Crippen molar-refractivity contribution in [1.29, 1.82) is 0 Å². The molecule has 1 nitrogen and oxygen atoms in total. The van der Waals surface area contributed by atoms with Crippen LogP contribution in [-0.2, 0) is 6.42 Å². The van der Waals surface area contributed by atoms with Gasteiger partial charge in [0.1, 0.15) is 5.75 Å². The van der Waals surface area contributed by atoms with Crippen LogP contribution in [0.2, 0.25) is 0 Å². The summed E-state index contributed by atoms with van der Waals surface area (Å²) in [5, 5.41) is 0. The Morgan fingerprint density at radius 1 is 1.33 bits per heavy atom. The maximum atomic E-state index is 5.37. The predicted molar refractivity (Wildman–Crippen MR) is 69.0 cm³/mol. The van der Waals surface area contributed by atoms with Crippen molar-refractivity contribution in [3.8, 4) is 5.75 Å². The van der Waals surface area contributed by atoms with E-state index in [1.807, 2.05) is 0 Å². The van der Waals surface area contributed by atoms with Gasteiger partial charge in [0.25, 0.3) is 0 Å². The maximum Gasteiger partial charge on any atom is 0.122 e. The SMILES string of the molecule is COc1ccc(C)cc1CC(C)C(C)Br. The van der Waals surface area contributed by atoms with Crippen LogP contribution >= 0.6 is 15.9 Å². The number of benzene rings is 1. The molecule has 0 fully saturated rings. The molecule has 0 aliphatic heterocycles. The molecule has 1 rings (SSSR count). The number of ether oxygens (including phenoxy) is 1. The van der Waals surface area contributed by atoms with Gasteiger partial charge in [-0.25, -0.2) is 0 Å². The van der Waals surface area contributed by atoms with Crippen molar-refractivity contribution in [3.63, 3.8) is 0 Å². The largest absolute Gasteiger partial charge is 0.496 e. The third-order valence-corrected chi connectivity index (χ3v) is 3.66. The fraction of sp³-hybridized carbons (Fsp3) is 0.538. The first-order valence-corrected chi connectivity index (χ1v) is 6.23. The summed E-state index contributed by atoms with van der Waals surface area (Å²) in [6.07, 6.45) is 1.05. The average Bonchev–Trinajstić information content (AvgIpc) is 2.18. The highest BCUT2D eigenvalue weighted by Crippen LogP contribution is 2.25. The van der Waals surface area contributed by atoms with Crippen molar-refractivity contribution in [1.82, 2.24) is 0 Å². The average molecular weight is 271 g/mol. The first-order valence-electron chi connectivity index (χ1n) is 5.32. The van der Waals surface area contributed by atoms with E-state index < -0.39 is 0 Å². The lowest BCUT2D eigenvalue weighted by Gasteiger charge is -2.16. The molecule has 2 heteroatoms. The second-order valence-electron chi connectivity index (χ2n) is 4.17. The topological polar surface area (TPSA) is 9.23 Å². The van der Waals surface area contributed by atoms with Crippen LogP contribution in [0.5, 0.6) is 5.75 Å². The Kier molecular flexibility index (Phi) is 4.65. The molecule has 0 radical (unpaired) electrons. The minimum absolute atomic E-state index is 0.530. The Hall–Kier alpha value is -0.500. The molecule has 0 heterocycles. The Morgan fingerprint density at radius 3 is 2.53 bits per heavy atom. The molecule has 0 saturated heterocycles. The molecular formula is C13H19BrO. The Bertz CT molecular complexity index is 320. The molecule has 0 spiro atoms. The fourth-order valence-corrected chi connectivity index (χ4v) is 1.76. The number of halogens is 1. The lowest BCUT2D eigenvalue weighted by atomic mass is 9.97. The zero-order valence-electron chi connectivity index (χ0n) is 9.88. The van der Waals surface area contributed by atoms with Gasteiger partial charge in [-0.2, -0.15) is 0 Å².